The molecule has 0 saturated heterocycles. The van der Waals surface area contributed by atoms with Gasteiger partial charge < -0.3 is 9.40 Å². The number of hydrogen-bond acceptors (Lipinski definition) is 4. The third kappa shape index (κ3) is 2.63. The van der Waals surface area contributed by atoms with E-state index < -0.39 is 0 Å². The van der Waals surface area contributed by atoms with E-state index in [1.807, 2.05) is 37.3 Å². The van der Waals surface area contributed by atoms with Crippen LogP contribution < -0.4 is 5.48 Å². The molecule has 0 aliphatic carbocycles. The summed E-state index contributed by atoms with van der Waals surface area (Å²) in [6, 6.07) is 11.2. The van der Waals surface area contributed by atoms with Gasteiger partial charge in [-0.3, -0.25) is 10.7 Å². The molecule has 3 aromatic rings. The van der Waals surface area contributed by atoms with Crippen molar-refractivity contribution in [3.05, 3.63) is 47.8 Å². The quantitative estimate of drug-likeness (QED) is 0.610. The van der Waals surface area contributed by atoms with E-state index in [4.69, 9.17) is 4.42 Å². The van der Waals surface area contributed by atoms with Crippen LogP contribution in [0.3, 0.4) is 0 Å². The number of aryl methyl sites for hydroxylation is 2. The standard InChI is InChI=1S/C17H19N3O2/c1-3-6-13-11(2)18-17(19-13)16-10-9-15(22-16)12-7-4-5-8-14(12)20-21/h4-5,7-10,20-21H,3,6H2,1-2H3,(H,18,19). The Morgan fingerprint density at radius 2 is 1.95 bits per heavy atom. The molecule has 0 bridgehead atoms. The van der Waals surface area contributed by atoms with Crippen molar-refractivity contribution in [3.8, 4) is 22.9 Å². The lowest BCUT2D eigenvalue weighted by molar-refractivity contribution is 0.389. The van der Waals surface area contributed by atoms with Crippen molar-refractivity contribution in [3.63, 3.8) is 0 Å². The Bertz CT molecular complexity index is 774. The molecule has 114 valence electrons. The summed E-state index contributed by atoms with van der Waals surface area (Å²) in [6.45, 7) is 4.16. The lowest BCUT2D eigenvalue weighted by Gasteiger charge is -2.04. The lowest BCUT2D eigenvalue weighted by Crippen LogP contribution is -1.91. The van der Waals surface area contributed by atoms with Crippen LogP contribution in [0.4, 0.5) is 5.69 Å². The van der Waals surface area contributed by atoms with Crippen LogP contribution in [0.15, 0.2) is 40.8 Å². The number of H-pyrrole nitrogens is 1. The highest BCUT2D eigenvalue weighted by atomic mass is 16.5. The Morgan fingerprint density at radius 1 is 1.18 bits per heavy atom. The van der Waals surface area contributed by atoms with Crippen LogP contribution >= 0.6 is 0 Å². The highest BCUT2D eigenvalue weighted by Crippen LogP contribution is 2.32. The van der Waals surface area contributed by atoms with Gasteiger partial charge >= 0.3 is 0 Å². The largest absolute Gasteiger partial charge is 0.453 e. The van der Waals surface area contributed by atoms with Crippen LogP contribution in [0.25, 0.3) is 22.9 Å². The fraction of sp³-hybridized carbons (Fsp3) is 0.235. The van der Waals surface area contributed by atoms with Crippen LogP contribution in [-0.4, -0.2) is 15.2 Å². The second-order valence-electron chi connectivity index (χ2n) is 5.23. The Morgan fingerprint density at radius 3 is 2.73 bits per heavy atom. The molecule has 0 radical (unpaired) electrons. The van der Waals surface area contributed by atoms with Gasteiger partial charge in [-0.2, -0.15) is 0 Å². The van der Waals surface area contributed by atoms with E-state index in [1.54, 1.807) is 6.07 Å². The molecule has 2 aromatic heterocycles. The van der Waals surface area contributed by atoms with Gasteiger partial charge in [0.15, 0.2) is 11.6 Å². The molecular formula is C17H19N3O2. The van der Waals surface area contributed by atoms with Gasteiger partial charge in [-0.1, -0.05) is 25.5 Å². The smallest absolute Gasteiger partial charge is 0.174 e. The first kappa shape index (κ1) is 14.4. The van der Waals surface area contributed by atoms with E-state index in [0.29, 0.717) is 17.2 Å². The number of rotatable bonds is 5. The molecule has 0 amide bonds. The Kier molecular flexibility index (Phi) is 3.98. The predicted molar refractivity (Wildman–Crippen MR) is 85.9 cm³/mol. The fourth-order valence-electron chi connectivity index (χ4n) is 2.50. The van der Waals surface area contributed by atoms with Crippen molar-refractivity contribution < 1.29 is 9.62 Å². The van der Waals surface area contributed by atoms with Crippen LogP contribution in [-0.2, 0) is 6.42 Å². The number of imidazole rings is 1. The summed E-state index contributed by atoms with van der Waals surface area (Å²) < 4.78 is 5.90. The van der Waals surface area contributed by atoms with E-state index in [9.17, 15) is 5.21 Å². The Balaban J connectivity index is 1.95. The molecule has 5 heteroatoms. The molecule has 22 heavy (non-hydrogen) atoms. The van der Waals surface area contributed by atoms with Gasteiger partial charge in [-0.15, -0.1) is 0 Å². The maximum absolute atomic E-state index is 9.19. The number of anilines is 1. The number of nitrogens with zero attached hydrogens (tertiary/aromatic N) is 1. The van der Waals surface area contributed by atoms with Gasteiger partial charge in [-0.05, 0) is 37.6 Å². The van der Waals surface area contributed by atoms with Crippen molar-refractivity contribution in [1.29, 1.82) is 0 Å². The minimum atomic E-state index is 0.602. The fourth-order valence-corrected chi connectivity index (χ4v) is 2.50. The summed E-state index contributed by atoms with van der Waals surface area (Å²) in [5, 5.41) is 9.19. The SMILES string of the molecule is CCCc1nc(-c2ccc(-c3ccccc3NO)o2)[nH]c1C. The molecule has 0 aliphatic rings. The summed E-state index contributed by atoms with van der Waals surface area (Å²) in [5.41, 5.74) is 5.74. The molecule has 5 nitrogen and oxygen atoms in total. The summed E-state index contributed by atoms with van der Waals surface area (Å²) in [6.07, 6.45) is 2.01. The third-order valence-electron chi connectivity index (χ3n) is 3.62. The number of para-hydroxylation sites is 1. The van der Waals surface area contributed by atoms with Gasteiger partial charge in [0.2, 0.25) is 0 Å². The van der Waals surface area contributed by atoms with E-state index in [-0.39, 0.29) is 0 Å². The van der Waals surface area contributed by atoms with Crippen molar-refractivity contribution in [2.24, 2.45) is 0 Å². The molecule has 0 saturated carbocycles. The first-order valence-corrected chi connectivity index (χ1v) is 7.38. The summed E-state index contributed by atoms with van der Waals surface area (Å²) in [4.78, 5) is 7.87. The van der Waals surface area contributed by atoms with Crippen LogP contribution in [0.5, 0.6) is 0 Å². The lowest BCUT2D eigenvalue weighted by atomic mass is 10.1. The molecule has 2 heterocycles. The predicted octanol–water partition coefficient (Wildman–Crippen LogP) is 4.40. The van der Waals surface area contributed by atoms with Crippen molar-refractivity contribution >= 4 is 5.69 Å². The second kappa shape index (κ2) is 6.07. The third-order valence-corrected chi connectivity index (χ3v) is 3.62. The van der Waals surface area contributed by atoms with Crippen LogP contribution in [0.2, 0.25) is 0 Å². The van der Waals surface area contributed by atoms with Gasteiger partial charge in [0.1, 0.15) is 5.76 Å². The number of hydrogen-bond donors (Lipinski definition) is 3. The highest BCUT2D eigenvalue weighted by molar-refractivity contribution is 5.75. The van der Waals surface area contributed by atoms with E-state index in [2.05, 4.69) is 22.4 Å². The molecule has 3 N–H and O–H groups in total. The summed E-state index contributed by atoms with van der Waals surface area (Å²) in [5.74, 6) is 2.10. The molecule has 0 fully saturated rings. The van der Waals surface area contributed by atoms with Gasteiger partial charge in [0, 0.05) is 11.3 Å². The van der Waals surface area contributed by atoms with Crippen LogP contribution in [0, 0.1) is 6.92 Å². The summed E-state index contributed by atoms with van der Waals surface area (Å²) in [7, 11) is 0. The van der Waals surface area contributed by atoms with Gasteiger partial charge in [0.05, 0.1) is 11.4 Å². The molecule has 0 atom stereocenters. The van der Waals surface area contributed by atoms with Crippen LogP contribution in [0.1, 0.15) is 24.7 Å². The second-order valence-corrected chi connectivity index (χ2v) is 5.23. The van der Waals surface area contributed by atoms with Gasteiger partial charge in [0.25, 0.3) is 0 Å². The van der Waals surface area contributed by atoms with Crippen molar-refractivity contribution in [2.75, 3.05) is 5.48 Å². The number of aromatic nitrogens is 2. The zero-order valence-electron chi connectivity index (χ0n) is 12.7. The summed E-state index contributed by atoms with van der Waals surface area (Å²) >= 11 is 0. The Hall–Kier alpha value is -2.53. The monoisotopic (exact) mass is 297 g/mol. The average Bonchev–Trinajstić information content (AvgIpc) is 3.15. The first-order chi connectivity index (χ1) is 10.7. The van der Waals surface area contributed by atoms with E-state index >= 15 is 0 Å². The molecule has 1 aromatic carbocycles. The molecule has 0 unspecified atom stereocenters. The normalized spacial score (nSPS) is 10.9. The number of furan rings is 1. The van der Waals surface area contributed by atoms with Gasteiger partial charge in [-0.25, -0.2) is 4.98 Å². The zero-order valence-corrected chi connectivity index (χ0v) is 12.7. The molecule has 3 rings (SSSR count). The molecular weight excluding hydrogens is 278 g/mol. The molecule has 0 spiro atoms. The maximum Gasteiger partial charge on any atom is 0.174 e. The van der Waals surface area contributed by atoms with E-state index in [0.717, 1.165) is 35.6 Å². The van der Waals surface area contributed by atoms with Crippen molar-refractivity contribution in [2.45, 2.75) is 26.7 Å². The number of benzene rings is 1. The maximum atomic E-state index is 9.19. The number of aromatic amines is 1. The number of nitrogens with one attached hydrogen (secondary N) is 2. The van der Waals surface area contributed by atoms with Crippen molar-refractivity contribution in [1.82, 2.24) is 9.97 Å². The highest BCUT2D eigenvalue weighted by Gasteiger charge is 2.14. The topological polar surface area (TPSA) is 74.1 Å². The Labute approximate surface area is 129 Å². The minimum Gasteiger partial charge on any atom is -0.453 e. The first-order valence-electron chi connectivity index (χ1n) is 7.38. The molecule has 0 aliphatic heterocycles. The zero-order chi connectivity index (χ0) is 15.5. The van der Waals surface area contributed by atoms with E-state index in [1.165, 1.54) is 0 Å². The average molecular weight is 297 g/mol. The minimum absolute atomic E-state index is 0.602.